The Kier molecular flexibility index (Phi) is 4.04. The molecule has 1 unspecified atom stereocenters. The van der Waals surface area contributed by atoms with Crippen molar-refractivity contribution >= 4 is 27.4 Å². The molecule has 130 valence electrons. The number of aromatic nitrogens is 3. The molecule has 1 aliphatic rings. The smallest absolute Gasteiger partial charge is 0.308 e. The summed E-state index contributed by atoms with van der Waals surface area (Å²) in [5.41, 5.74) is 1.86. The summed E-state index contributed by atoms with van der Waals surface area (Å²) in [7, 11) is 1.64. The third kappa shape index (κ3) is 3.05. The molecule has 1 fully saturated rings. The highest BCUT2D eigenvalue weighted by atomic mass is 32.1. The highest BCUT2D eigenvalue weighted by Crippen LogP contribution is 2.30. The molecule has 0 spiro atoms. The van der Waals surface area contributed by atoms with Crippen LogP contribution < -0.4 is 9.64 Å². The van der Waals surface area contributed by atoms with Gasteiger partial charge in [-0.05, 0) is 37.1 Å². The summed E-state index contributed by atoms with van der Waals surface area (Å²) in [4.78, 5) is 18.7. The number of hydrogen-bond donors (Lipinski definition) is 1. The van der Waals surface area contributed by atoms with Gasteiger partial charge in [0.15, 0.2) is 0 Å². The SMILES string of the molecule is COc1ccc(-c2cn3nc(N4CCCC(C(=O)O)C4)sc3n2)cc1. The number of rotatable bonds is 4. The number of imidazole rings is 1. The molecule has 1 aromatic carbocycles. The summed E-state index contributed by atoms with van der Waals surface area (Å²) >= 11 is 1.49. The number of hydrogen-bond acceptors (Lipinski definition) is 6. The number of fused-ring (bicyclic) bond motifs is 1. The van der Waals surface area contributed by atoms with Crippen LogP contribution in [0.4, 0.5) is 5.13 Å². The molecule has 0 bridgehead atoms. The molecule has 25 heavy (non-hydrogen) atoms. The van der Waals surface area contributed by atoms with E-state index in [-0.39, 0.29) is 5.92 Å². The van der Waals surface area contributed by atoms with Gasteiger partial charge in [-0.3, -0.25) is 4.79 Å². The van der Waals surface area contributed by atoms with Crippen molar-refractivity contribution in [3.05, 3.63) is 30.5 Å². The van der Waals surface area contributed by atoms with Gasteiger partial charge in [-0.25, -0.2) is 9.50 Å². The van der Waals surface area contributed by atoms with Crippen LogP contribution >= 0.6 is 11.3 Å². The number of carboxylic acids is 1. The van der Waals surface area contributed by atoms with E-state index in [9.17, 15) is 9.90 Å². The third-order valence-corrected chi connectivity index (χ3v) is 5.44. The molecule has 8 heteroatoms. The Hall–Kier alpha value is -2.61. The summed E-state index contributed by atoms with van der Waals surface area (Å²) in [5, 5.41) is 14.7. The Morgan fingerprint density at radius 1 is 1.36 bits per heavy atom. The molecule has 0 radical (unpaired) electrons. The second kappa shape index (κ2) is 6.36. The lowest BCUT2D eigenvalue weighted by Crippen LogP contribution is -2.38. The van der Waals surface area contributed by atoms with Crippen LogP contribution in [-0.4, -0.2) is 45.9 Å². The van der Waals surface area contributed by atoms with E-state index >= 15 is 0 Å². The van der Waals surface area contributed by atoms with Crippen molar-refractivity contribution < 1.29 is 14.6 Å². The molecular formula is C17H18N4O3S. The maximum Gasteiger partial charge on any atom is 0.308 e. The maximum atomic E-state index is 11.2. The van der Waals surface area contributed by atoms with Crippen LogP contribution in [0.2, 0.25) is 0 Å². The molecule has 2 aromatic heterocycles. The number of anilines is 1. The van der Waals surface area contributed by atoms with Gasteiger partial charge >= 0.3 is 5.97 Å². The number of aliphatic carboxylic acids is 1. The summed E-state index contributed by atoms with van der Waals surface area (Å²) in [5.74, 6) is -0.240. The van der Waals surface area contributed by atoms with Crippen molar-refractivity contribution in [2.24, 2.45) is 5.92 Å². The molecule has 0 amide bonds. The standard InChI is InChI=1S/C17H18N4O3S/c1-24-13-6-4-11(5-7-13)14-10-21-16(18-14)25-17(19-21)20-8-2-3-12(9-20)15(22)23/h4-7,10,12H,2-3,8-9H2,1H3,(H,22,23). The monoisotopic (exact) mass is 358 g/mol. The average Bonchev–Trinajstić information content (AvgIpc) is 3.21. The van der Waals surface area contributed by atoms with Crippen LogP contribution in [0.5, 0.6) is 5.75 Å². The van der Waals surface area contributed by atoms with Crippen molar-refractivity contribution in [1.29, 1.82) is 0 Å². The number of carbonyl (C=O) groups is 1. The fraction of sp³-hybridized carbons (Fsp3) is 0.353. The van der Waals surface area contributed by atoms with Gasteiger partial charge in [0.05, 0.1) is 24.9 Å². The van der Waals surface area contributed by atoms with Crippen LogP contribution in [0.25, 0.3) is 16.2 Å². The zero-order valence-electron chi connectivity index (χ0n) is 13.8. The van der Waals surface area contributed by atoms with E-state index in [0.717, 1.165) is 46.5 Å². The Bertz CT molecular complexity index is 871. The number of piperidine rings is 1. The van der Waals surface area contributed by atoms with Crippen LogP contribution in [0.1, 0.15) is 12.8 Å². The number of nitrogens with zero attached hydrogens (tertiary/aromatic N) is 4. The topological polar surface area (TPSA) is 80.0 Å². The number of carboxylic acid groups (broad SMARTS) is 1. The Labute approximate surface area is 148 Å². The Morgan fingerprint density at radius 3 is 2.84 bits per heavy atom. The first-order valence-electron chi connectivity index (χ1n) is 8.12. The van der Waals surface area contributed by atoms with Gasteiger partial charge in [-0.15, -0.1) is 5.10 Å². The minimum Gasteiger partial charge on any atom is -0.497 e. The van der Waals surface area contributed by atoms with Crippen molar-refractivity contribution in [2.75, 3.05) is 25.1 Å². The van der Waals surface area contributed by atoms with Crippen molar-refractivity contribution in [1.82, 2.24) is 14.6 Å². The quantitative estimate of drug-likeness (QED) is 0.772. The van der Waals surface area contributed by atoms with Gasteiger partial charge in [0.1, 0.15) is 5.75 Å². The minimum absolute atomic E-state index is 0.320. The second-order valence-corrected chi connectivity index (χ2v) is 7.02. The molecule has 1 N–H and O–H groups in total. The van der Waals surface area contributed by atoms with E-state index in [0.29, 0.717) is 6.54 Å². The highest BCUT2D eigenvalue weighted by molar-refractivity contribution is 7.20. The molecule has 1 atom stereocenters. The first-order chi connectivity index (χ1) is 12.1. The predicted octanol–water partition coefficient (Wildman–Crippen LogP) is 2.77. The zero-order chi connectivity index (χ0) is 17.4. The van der Waals surface area contributed by atoms with Gasteiger partial charge in [-0.1, -0.05) is 11.3 Å². The van der Waals surface area contributed by atoms with Crippen molar-refractivity contribution in [3.63, 3.8) is 0 Å². The molecule has 1 aliphatic heterocycles. The van der Waals surface area contributed by atoms with E-state index in [1.807, 2.05) is 30.5 Å². The largest absolute Gasteiger partial charge is 0.497 e. The average molecular weight is 358 g/mol. The predicted molar refractivity (Wildman–Crippen MR) is 95.4 cm³/mol. The first-order valence-corrected chi connectivity index (χ1v) is 8.94. The highest BCUT2D eigenvalue weighted by Gasteiger charge is 2.27. The van der Waals surface area contributed by atoms with Gasteiger partial charge in [-0.2, -0.15) is 0 Å². The normalized spacial score (nSPS) is 17.8. The summed E-state index contributed by atoms with van der Waals surface area (Å²) < 4.78 is 6.94. The molecule has 1 saturated heterocycles. The number of benzene rings is 1. The summed E-state index contributed by atoms with van der Waals surface area (Å²) in [6.07, 6.45) is 3.50. The minimum atomic E-state index is -0.729. The van der Waals surface area contributed by atoms with E-state index in [2.05, 4.69) is 15.0 Å². The van der Waals surface area contributed by atoms with E-state index in [4.69, 9.17) is 4.74 Å². The molecule has 7 nitrogen and oxygen atoms in total. The molecule has 3 heterocycles. The van der Waals surface area contributed by atoms with Gasteiger partial charge in [0.2, 0.25) is 10.1 Å². The lowest BCUT2D eigenvalue weighted by molar-refractivity contribution is -0.141. The van der Waals surface area contributed by atoms with Gasteiger partial charge in [0, 0.05) is 18.7 Å². The van der Waals surface area contributed by atoms with Gasteiger partial charge in [0.25, 0.3) is 0 Å². The van der Waals surface area contributed by atoms with Gasteiger partial charge < -0.3 is 14.7 Å². The lowest BCUT2D eigenvalue weighted by Gasteiger charge is -2.29. The third-order valence-electron chi connectivity index (χ3n) is 4.46. The molecule has 0 saturated carbocycles. The lowest BCUT2D eigenvalue weighted by atomic mass is 9.99. The number of ether oxygens (including phenoxy) is 1. The molecule has 3 aromatic rings. The van der Waals surface area contributed by atoms with E-state index in [1.165, 1.54) is 11.3 Å². The van der Waals surface area contributed by atoms with Crippen LogP contribution in [0.15, 0.2) is 30.5 Å². The van der Waals surface area contributed by atoms with Crippen LogP contribution in [0, 0.1) is 5.92 Å². The van der Waals surface area contributed by atoms with Crippen molar-refractivity contribution in [2.45, 2.75) is 12.8 Å². The zero-order valence-corrected chi connectivity index (χ0v) is 14.6. The Morgan fingerprint density at radius 2 is 2.16 bits per heavy atom. The van der Waals surface area contributed by atoms with Crippen LogP contribution in [0.3, 0.4) is 0 Å². The van der Waals surface area contributed by atoms with Crippen LogP contribution in [-0.2, 0) is 4.79 Å². The van der Waals surface area contributed by atoms with Crippen molar-refractivity contribution in [3.8, 4) is 17.0 Å². The van der Waals surface area contributed by atoms with E-state index < -0.39 is 5.97 Å². The molecule has 4 rings (SSSR count). The van der Waals surface area contributed by atoms with E-state index in [1.54, 1.807) is 11.6 Å². The Balaban J connectivity index is 1.57. The number of methoxy groups -OCH3 is 1. The first kappa shape index (κ1) is 15.9. The summed E-state index contributed by atoms with van der Waals surface area (Å²) in [6.45, 7) is 1.35. The fourth-order valence-electron chi connectivity index (χ4n) is 3.07. The molecular weight excluding hydrogens is 340 g/mol. The second-order valence-electron chi connectivity index (χ2n) is 6.09. The molecule has 0 aliphatic carbocycles. The summed E-state index contributed by atoms with van der Waals surface area (Å²) in [6, 6.07) is 7.74. The fourth-order valence-corrected chi connectivity index (χ4v) is 3.99. The maximum absolute atomic E-state index is 11.2.